The lowest BCUT2D eigenvalue weighted by atomic mass is 10.1. The molecule has 0 saturated carbocycles. The second-order valence-corrected chi connectivity index (χ2v) is 6.13. The average molecular weight is 396 g/mol. The second kappa shape index (κ2) is 9.50. The van der Waals surface area contributed by atoms with E-state index in [0.717, 1.165) is 12.0 Å². The van der Waals surface area contributed by atoms with Crippen LogP contribution in [0.15, 0.2) is 54.6 Å². The van der Waals surface area contributed by atoms with Crippen molar-refractivity contribution < 1.29 is 18.7 Å². The van der Waals surface area contributed by atoms with Crippen LogP contribution in [0.5, 0.6) is 11.5 Å². The van der Waals surface area contributed by atoms with Gasteiger partial charge in [0, 0.05) is 12.1 Å². The normalized spacial score (nSPS) is 10.3. The molecule has 0 aliphatic rings. The molecular formula is C21H21FN4O3. The zero-order valence-electron chi connectivity index (χ0n) is 16.1. The van der Waals surface area contributed by atoms with E-state index in [-0.39, 0.29) is 11.7 Å². The summed E-state index contributed by atoms with van der Waals surface area (Å²) in [5.74, 6) is 1.33. The summed E-state index contributed by atoms with van der Waals surface area (Å²) in [6.07, 6.45) is 0.722. The molecule has 0 unspecified atom stereocenters. The van der Waals surface area contributed by atoms with Crippen LogP contribution < -0.4 is 20.1 Å². The van der Waals surface area contributed by atoms with E-state index >= 15 is 0 Å². The number of carbonyl (C=O) groups excluding carboxylic acids is 1. The molecule has 29 heavy (non-hydrogen) atoms. The molecule has 150 valence electrons. The van der Waals surface area contributed by atoms with E-state index in [1.54, 1.807) is 42.5 Å². The molecule has 0 aliphatic carbocycles. The van der Waals surface area contributed by atoms with Gasteiger partial charge in [0.15, 0.2) is 17.3 Å². The minimum atomic E-state index is -0.336. The van der Waals surface area contributed by atoms with E-state index in [4.69, 9.17) is 9.47 Å². The van der Waals surface area contributed by atoms with Crippen LogP contribution in [-0.2, 0) is 6.42 Å². The van der Waals surface area contributed by atoms with Crippen LogP contribution in [0.2, 0.25) is 0 Å². The lowest BCUT2D eigenvalue weighted by Gasteiger charge is -2.10. The van der Waals surface area contributed by atoms with E-state index in [1.807, 2.05) is 0 Å². The highest BCUT2D eigenvalue weighted by Crippen LogP contribution is 2.27. The first-order valence-electron chi connectivity index (χ1n) is 8.94. The summed E-state index contributed by atoms with van der Waals surface area (Å²) >= 11 is 0. The maximum atomic E-state index is 12.9. The van der Waals surface area contributed by atoms with Gasteiger partial charge in [0.05, 0.1) is 14.2 Å². The van der Waals surface area contributed by atoms with Gasteiger partial charge >= 0.3 is 0 Å². The molecular weight excluding hydrogens is 375 g/mol. The zero-order valence-corrected chi connectivity index (χ0v) is 16.1. The highest BCUT2D eigenvalue weighted by Gasteiger charge is 2.11. The summed E-state index contributed by atoms with van der Waals surface area (Å²) in [7, 11) is 3.04. The van der Waals surface area contributed by atoms with Crippen molar-refractivity contribution in [1.29, 1.82) is 0 Å². The van der Waals surface area contributed by atoms with Gasteiger partial charge in [0.2, 0.25) is 0 Å². The number of hydrogen-bond donors (Lipinski definition) is 2. The molecule has 0 saturated heterocycles. The number of rotatable bonds is 8. The molecule has 0 spiro atoms. The molecule has 0 radical (unpaired) electrons. The van der Waals surface area contributed by atoms with Crippen molar-refractivity contribution in [2.24, 2.45) is 0 Å². The minimum Gasteiger partial charge on any atom is -0.493 e. The number of benzene rings is 2. The number of hydrogen-bond acceptors (Lipinski definition) is 6. The van der Waals surface area contributed by atoms with Gasteiger partial charge in [-0.2, -0.15) is 0 Å². The third-order valence-electron chi connectivity index (χ3n) is 4.18. The summed E-state index contributed by atoms with van der Waals surface area (Å²) in [6.45, 7) is 0.623. The number of nitrogens with zero attached hydrogens (tertiary/aromatic N) is 2. The van der Waals surface area contributed by atoms with Crippen molar-refractivity contribution in [2.75, 3.05) is 31.4 Å². The molecule has 1 aromatic heterocycles. The fraction of sp³-hybridized carbons (Fsp3) is 0.190. The highest BCUT2D eigenvalue weighted by molar-refractivity contribution is 6.04. The van der Waals surface area contributed by atoms with E-state index in [2.05, 4.69) is 20.8 Å². The smallest absolute Gasteiger partial charge is 0.257 e. The molecule has 2 N–H and O–H groups in total. The van der Waals surface area contributed by atoms with Gasteiger partial charge in [-0.05, 0) is 54.4 Å². The Balaban J connectivity index is 1.54. The monoisotopic (exact) mass is 396 g/mol. The Kier molecular flexibility index (Phi) is 6.57. The molecule has 0 aliphatic heterocycles. The number of methoxy groups -OCH3 is 2. The van der Waals surface area contributed by atoms with E-state index in [9.17, 15) is 9.18 Å². The largest absolute Gasteiger partial charge is 0.493 e. The van der Waals surface area contributed by atoms with Crippen molar-refractivity contribution in [3.8, 4) is 11.5 Å². The van der Waals surface area contributed by atoms with E-state index in [0.29, 0.717) is 35.2 Å². The molecule has 7 nitrogen and oxygen atoms in total. The number of amides is 1. The maximum Gasteiger partial charge on any atom is 0.257 e. The highest BCUT2D eigenvalue weighted by atomic mass is 19.1. The summed E-state index contributed by atoms with van der Waals surface area (Å²) in [5.41, 5.74) is 1.43. The first kappa shape index (κ1) is 20.1. The number of ether oxygens (including phenoxy) is 2. The van der Waals surface area contributed by atoms with Crippen molar-refractivity contribution >= 4 is 17.5 Å². The molecule has 1 amide bonds. The van der Waals surface area contributed by atoms with Crippen LogP contribution in [0.3, 0.4) is 0 Å². The van der Waals surface area contributed by atoms with E-state index < -0.39 is 0 Å². The predicted molar refractivity (Wildman–Crippen MR) is 108 cm³/mol. The Morgan fingerprint density at radius 1 is 0.931 bits per heavy atom. The topological polar surface area (TPSA) is 85.4 Å². The third-order valence-corrected chi connectivity index (χ3v) is 4.18. The molecule has 3 aromatic rings. The Morgan fingerprint density at radius 3 is 2.28 bits per heavy atom. The molecule has 8 heteroatoms. The van der Waals surface area contributed by atoms with Gasteiger partial charge in [-0.15, -0.1) is 10.2 Å². The van der Waals surface area contributed by atoms with Crippen molar-refractivity contribution in [1.82, 2.24) is 10.2 Å². The number of anilines is 2. The van der Waals surface area contributed by atoms with Gasteiger partial charge in [0.25, 0.3) is 5.91 Å². The maximum absolute atomic E-state index is 12.9. The van der Waals surface area contributed by atoms with Gasteiger partial charge in [-0.3, -0.25) is 4.79 Å². The Labute approximate surface area is 167 Å². The fourth-order valence-corrected chi connectivity index (χ4v) is 2.65. The van der Waals surface area contributed by atoms with Crippen LogP contribution in [0.25, 0.3) is 0 Å². The van der Waals surface area contributed by atoms with E-state index in [1.165, 1.54) is 26.4 Å². The number of aromatic nitrogens is 2. The Morgan fingerprint density at radius 2 is 1.62 bits per heavy atom. The third kappa shape index (κ3) is 5.41. The van der Waals surface area contributed by atoms with Crippen LogP contribution in [0.1, 0.15) is 15.9 Å². The summed E-state index contributed by atoms with van der Waals surface area (Å²) < 4.78 is 23.3. The summed E-state index contributed by atoms with van der Waals surface area (Å²) in [6, 6.07) is 14.6. The SMILES string of the molecule is COc1ccc(C(=O)Nc2ccc(NCCc3ccc(F)cc3)nn2)cc1OC. The molecule has 1 heterocycles. The van der Waals surface area contributed by atoms with Crippen molar-refractivity contribution in [3.05, 3.63) is 71.5 Å². The Bertz CT molecular complexity index is 963. The fourth-order valence-electron chi connectivity index (χ4n) is 2.65. The second-order valence-electron chi connectivity index (χ2n) is 6.13. The molecule has 3 rings (SSSR count). The molecule has 0 fully saturated rings. The first-order valence-corrected chi connectivity index (χ1v) is 8.94. The van der Waals surface area contributed by atoms with Crippen LogP contribution in [-0.4, -0.2) is 36.9 Å². The summed E-state index contributed by atoms with van der Waals surface area (Å²) in [5, 5.41) is 13.9. The van der Waals surface area contributed by atoms with Crippen LogP contribution >= 0.6 is 0 Å². The van der Waals surface area contributed by atoms with Crippen molar-refractivity contribution in [2.45, 2.75) is 6.42 Å². The standard InChI is InChI=1S/C21H21FN4O3/c1-28-17-8-5-15(13-18(17)29-2)21(27)24-20-10-9-19(25-26-20)23-12-11-14-3-6-16(22)7-4-14/h3-10,13H,11-12H2,1-2H3,(H,23,25)(H,24,26,27). The molecule has 0 atom stereocenters. The van der Waals surface area contributed by atoms with Gasteiger partial charge in [0.1, 0.15) is 11.6 Å². The number of carbonyl (C=O) groups is 1. The van der Waals surface area contributed by atoms with Gasteiger partial charge < -0.3 is 20.1 Å². The molecule has 0 bridgehead atoms. The lowest BCUT2D eigenvalue weighted by Crippen LogP contribution is -2.14. The van der Waals surface area contributed by atoms with Gasteiger partial charge in [-0.1, -0.05) is 12.1 Å². The van der Waals surface area contributed by atoms with Crippen molar-refractivity contribution in [3.63, 3.8) is 0 Å². The average Bonchev–Trinajstić information content (AvgIpc) is 2.75. The predicted octanol–water partition coefficient (Wildman–Crippen LogP) is 3.54. The first-order chi connectivity index (χ1) is 14.1. The number of nitrogens with one attached hydrogen (secondary N) is 2. The lowest BCUT2D eigenvalue weighted by molar-refractivity contribution is 0.102. The Hall–Kier alpha value is -3.68. The quantitative estimate of drug-likeness (QED) is 0.606. The van der Waals surface area contributed by atoms with Gasteiger partial charge in [-0.25, -0.2) is 4.39 Å². The summed E-state index contributed by atoms with van der Waals surface area (Å²) in [4.78, 5) is 12.4. The number of halogens is 1. The minimum absolute atomic E-state index is 0.252. The molecule has 2 aromatic carbocycles. The van der Waals surface area contributed by atoms with Crippen LogP contribution in [0.4, 0.5) is 16.0 Å². The zero-order chi connectivity index (χ0) is 20.6. The van der Waals surface area contributed by atoms with Crippen LogP contribution in [0, 0.1) is 5.82 Å².